The van der Waals surface area contributed by atoms with Gasteiger partial charge in [-0.05, 0) is 66.0 Å². The number of thiocarbonyl (C=S) groups is 1. The molecule has 0 amide bonds. The van der Waals surface area contributed by atoms with Crippen LogP contribution in [0.1, 0.15) is 37.4 Å². The fourth-order valence-corrected chi connectivity index (χ4v) is 3.80. The van der Waals surface area contributed by atoms with E-state index in [1.54, 1.807) is 12.1 Å². The van der Waals surface area contributed by atoms with E-state index in [2.05, 4.69) is 10.2 Å². The summed E-state index contributed by atoms with van der Waals surface area (Å²) in [6, 6.07) is 11.2. The van der Waals surface area contributed by atoms with Gasteiger partial charge in [0.25, 0.3) is 0 Å². The Labute approximate surface area is 186 Å². The number of carbonyl (C=O) groups excluding carboxylic acids is 2. The highest BCUT2D eigenvalue weighted by molar-refractivity contribution is 7.80. The zero-order chi connectivity index (χ0) is 21.7. The first-order valence-electron chi connectivity index (χ1n) is 9.52. The third kappa shape index (κ3) is 5.09. The summed E-state index contributed by atoms with van der Waals surface area (Å²) in [4.78, 5) is 26.3. The van der Waals surface area contributed by atoms with E-state index in [0.29, 0.717) is 24.6 Å². The average Bonchev–Trinajstić information content (AvgIpc) is 2.77. The average molecular weight is 447 g/mol. The number of hydrogen-bond donors (Lipinski definition) is 1. The first kappa shape index (κ1) is 22.1. The number of fused-ring (bicyclic) bond motifs is 1. The zero-order valence-electron chi connectivity index (χ0n) is 16.9. The van der Waals surface area contributed by atoms with Crippen LogP contribution in [-0.4, -0.2) is 49.3 Å². The zero-order valence-corrected chi connectivity index (χ0v) is 18.4. The van der Waals surface area contributed by atoms with Crippen LogP contribution in [0.2, 0.25) is 5.02 Å². The predicted octanol–water partition coefficient (Wildman–Crippen LogP) is 3.39. The molecule has 0 bridgehead atoms. The number of carbonyl (C=O) groups is 2. The van der Waals surface area contributed by atoms with E-state index in [-0.39, 0.29) is 11.1 Å². The van der Waals surface area contributed by atoms with Crippen LogP contribution in [-0.2, 0) is 28.9 Å². The van der Waals surface area contributed by atoms with Gasteiger partial charge in [-0.1, -0.05) is 23.7 Å². The second-order valence-electron chi connectivity index (χ2n) is 6.93. The third-order valence-electron chi connectivity index (χ3n) is 5.05. The molecule has 2 aromatic rings. The highest BCUT2D eigenvalue weighted by atomic mass is 35.5. The normalized spacial score (nSPS) is 12.7. The molecular weight excluding hydrogens is 424 g/mol. The van der Waals surface area contributed by atoms with Crippen molar-refractivity contribution in [1.82, 2.24) is 10.2 Å². The maximum atomic E-state index is 12.2. The fourth-order valence-electron chi connectivity index (χ4n) is 3.42. The van der Waals surface area contributed by atoms with Crippen molar-refractivity contribution in [2.75, 3.05) is 27.3 Å². The van der Waals surface area contributed by atoms with Crippen LogP contribution in [0.15, 0.2) is 36.4 Å². The predicted molar refractivity (Wildman–Crippen MR) is 119 cm³/mol. The molecule has 1 heterocycles. The summed E-state index contributed by atoms with van der Waals surface area (Å²) in [6.45, 7) is 1.98. The number of hydrogen-bond acceptors (Lipinski definition) is 5. The third-order valence-corrected chi connectivity index (χ3v) is 5.71. The van der Waals surface area contributed by atoms with Crippen molar-refractivity contribution in [3.8, 4) is 0 Å². The maximum absolute atomic E-state index is 12.2. The van der Waals surface area contributed by atoms with E-state index < -0.39 is 11.9 Å². The summed E-state index contributed by atoms with van der Waals surface area (Å²) >= 11 is 11.5. The standard InChI is InChI=1S/C22H23ClN2O4S/c1-28-20(26)18-11-15-8-10-25(13-16(15)12-19(18)21(27)29-2)22(30)24-9-7-14-3-5-17(23)6-4-14/h3-6,11-12H,7-10,13H2,1-2H3,(H,24,30). The van der Waals surface area contributed by atoms with Gasteiger partial charge in [0, 0.05) is 24.7 Å². The molecular formula is C22H23ClN2O4S. The van der Waals surface area contributed by atoms with Crippen molar-refractivity contribution in [3.63, 3.8) is 0 Å². The number of halogens is 1. The minimum atomic E-state index is -0.570. The number of ether oxygens (including phenoxy) is 2. The van der Waals surface area contributed by atoms with Crippen LogP contribution in [0.25, 0.3) is 0 Å². The maximum Gasteiger partial charge on any atom is 0.338 e. The molecule has 1 aliphatic rings. The number of rotatable bonds is 5. The van der Waals surface area contributed by atoms with Crippen LogP contribution in [0.4, 0.5) is 0 Å². The molecule has 6 nitrogen and oxygen atoms in total. The van der Waals surface area contributed by atoms with Crippen molar-refractivity contribution in [2.24, 2.45) is 0 Å². The van der Waals surface area contributed by atoms with Crippen molar-refractivity contribution in [3.05, 3.63) is 69.2 Å². The molecule has 158 valence electrons. The van der Waals surface area contributed by atoms with Crippen molar-refractivity contribution in [2.45, 2.75) is 19.4 Å². The highest BCUT2D eigenvalue weighted by Gasteiger charge is 2.25. The molecule has 0 aliphatic carbocycles. The summed E-state index contributed by atoms with van der Waals surface area (Å²) in [7, 11) is 2.58. The Hall–Kier alpha value is -2.64. The van der Waals surface area contributed by atoms with E-state index in [1.807, 2.05) is 24.3 Å². The molecule has 0 spiro atoms. The van der Waals surface area contributed by atoms with E-state index >= 15 is 0 Å². The Bertz CT molecular complexity index is 962. The molecule has 0 saturated carbocycles. The summed E-state index contributed by atoms with van der Waals surface area (Å²) < 4.78 is 9.65. The van der Waals surface area contributed by atoms with Gasteiger partial charge in [-0.15, -0.1) is 0 Å². The highest BCUT2D eigenvalue weighted by Crippen LogP contribution is 2.25. The Balaban J connectivity index is 1.67. The lowest BCUT2D eigenvalue weighted by Crippen LogP contribution is -2.43. The van der Waals surface area contributed by atoms with Crippen molar-refractivity contribution >= 4 is 40.9 Å². The van der Waals surface area contributed by atoms with Gasteiger partial charge in [0.15, 0.2) is 5.11 Å². The molecule has 2 aromatic carbocycles. The Morgan fingerprint density at radius 2 is 1.67 bits per heavy atom. The van der Waals surface area contributed by atoms with Crippen LogP contribution in [0.3, 0.4) is 0 Å². The lowest BCUT2D eigenvalue weighted by molar-refractivity contribution is 0.0555. The van der Waals surface area contributed by atoms with Gasteiger partial charge < -0.3 is 19.7 Å². The molecule has 30 heavy (non-hydrogen) atoms. The smallest absolute Gasteiger partial charge is 0.338 e. The second-order valence-corrected chi connectivity index (χ2v) is 7.75. The summed E-state index contributed by atoms with van der Waals surface area (Å²) in [5, 5.41) is 4.67. The number of nitrogens with zero attached hydrogens (tertiary/aromatic N) is 1. The van der Waals surface area contributed by atoms with Crippen LogP contribution in [0.5, 0.6) is 0 Å². The fraction of sp³-hybridized carbons (Fsp3) is 0.318. The summed E-state index contributed by atoms with van der Waals surface area (Å²) in [6.07, 6.45) is 1.54. The van der Waals surface area contributed by atoms with Gasteiger partial charge in [0.1, 0.15) is 0 Å². The molecule has 0 aromatic heterocycles. The van der Waals surface area contributed by atoms with E-state index in [4.69, 9.17) is 33.3 Å². The molecule has 1 aliphatic heterocycles. The molecule has 0 atom stereocenters. The Morgan fingerprint density at radius 3 is 2.27 bits per heavy atom. The number of esters is 2. The van der Waals surface area contributed by atoms with Crippen LogP contribution >= 0.6 is 23.8 Å². The molecule has 8 heteroatoms. The van der Waals surface area contributed by atoms with Crippen LogP contribution < -0.4 is 5.32 Å². The molecule has 0 unspecified atom stereocenters. The van der Waals surface area contributed by atoms with E-state index in [1.165, 1.54) is 19.8 Å². The molecule has 0 saturated heterocycles. The number of methoxy groups -OCH3 is 2. The van der Waals surface area contributed by atoms with E-state index in [9.17, 15) is 9.59 Å². The van der Waals surface area contributed by atoms with Gasteiger partial charge in [-0.25, -0.2) is 9.59 Å². The Kier molecular flexibility index (Phi) is 7.29. The molecule has 3 rings (SSSR count). The summed E-state index contributed by atoms with van der Waals surface area (Å²) in [5.41, 5.74) is 3.54. The lowest BCUT2D eigenvalue weighted by atomic mass is 9.93. The van der Waals surface area contributed by atoms with Crippen LogP contribution in [0, 0.1) is 0 Å². The SMILES string of the molecule is COC(=O)c1cc2c(cc1C(=O)OC)CN(C(=S)NCCc1ccc(Cl)cc1)CC2. The summed E-state index contributed by atoms with van der Waals surface area (Å²) in [5.74, 6) is -1.13. The number of benzene rings is 2. The molecule has 0 fully saturated rings. The minimum Gasteiger partial charge on any atom is -0.465 e. The first-order valence-corrected chi connectivity index (χ1v) is 10.3. The van der Waals surface area contributed by atoms with Gasteiger partial charge in [0.05, 0.1) is 25.3 Å². The van der Waals surface area contributed by atoms with Gasteiger partial charge >= 0.3 is 11.9 Å². The van der Waals surface area contributed by atoms with Crippen molar-refractivity contribution in [1.29, 1.82) is 0 Å². The second kappa shape index (κ2) is 9.91. The lowest BCUT2D eigenvalue weighted by Gasteiger charge is -2.31. The largest absolute Gasteiger partial charge is 0.465 e. The molecule has 1 N–H and O–H groups in total. The Morgan fingerprint density at radius 1 is 1.07 bits per heavy atom. The number of nitrogens with one attached hydrogen (secondary N) is 1. The molecule has 0 radical (unpaired) electrons. The van der Waals surface area contributed by atoms with Crippen molar-refractivity contribution < 1.29 is 19.1 Å². The topological polar surface area (TPSA) is 67.9 Å². The minimum absolute atomic E-state index is 0.201. The monoisotopic (exact) mass is 446 g/mol. The van der Waals surface area contributed by atoms with E-state index in [0.717, 1.165) is 29.1 Å². The van der Waals surface area contributed by atoms with Gasteiger partial charge in [-0.3, -0.25) is 0 Å². The van der Waals surface area contributed by atoms with Gasteiger partial charge in [0.2, 0.25) is 0 Å². The van der Waals surface area contributed by atoms with Gasteiger partial charge in [-0.2, -0.15) is 0 Å². The first-order chi connectivity index (χ1) is 14.4. The quantitative estimate of drug-likeness (QED) is 0.557.